The van der Waals surface area contributed by atoms with Crippen LogP contribution in [0.25, 0.3) is 0 Å². The van der Waals surface area contributed by atoms with E-state index in [1.807, 2.05) is 12.3 Å². The zero-order valence-corrected chi connectivity index (χ0v) is 9.96. The summed E-state index contributed by atoms with van der Waals surface area (Å²) in [5, 5.41) is 3.65. The van der Waals surface area contributed by atoms with Crippen molar-refractivity contribution in [3.05, 3.63) is 30.1 Å². The van der Waals surface area contributed by atoms with Crippen LogP contribution < -0.4 is 5.32 Å². The number of hydrogen-bond acceptors (Lipinski definition) is 3. The van der Waals surface area contributed by atoms with Crippen molar-refractivity contribution in [2.45, 2.75) is 31.8 Å². The molecule has 2 heterocycles. The van der Waals surface area contributed by atoms with Gasteiger partial charge in [0.2, 0.25) is 0 Å². The van der Waals surface area contributed by atoms with E-state index in [2.05, 4.69) is 41.1 Å². The highest BCUT2D eigenvalue weighted by atomic mass is 32.2. The third kappa shape index (κ3) is 3.21. The molecule has 1 aromatic rings. The van der Waals surface area contributed by atoms with Crippen LogP contribution in [0.1, 0.15) is 31.5 Å². The van der Waals surface area contributed by atoms with E-state index in [9.17, 15) is 0 Å². The fraction of sp³-hybridized carbons (Fsp3) is 0.583. The molecule has 1 saturated heterocycles. The Morgan fingerprint density at radius 3 is 3.13 bits per heavy atom. The molecule has 1 N–H and O–H groups in total. The molecule has 0 saturated carbocycles. The Hall–Kier alpha value is -0.540. The van der Waals surface area contributed by atoms with E-state index < -0.39 is 0 Å². The molecular formula is C12H18N2S. The van der Waals surface area contributed by atoms with Gasteiger partial charge in [-0.25, -0.2) is 0 Å². The monoisotopic (exact) mass is 222 g/mol. The molecule has 2 atom stereocenters. The Labute approximate surface area is 95.9 Å². The van der Waals surface area contributed by atoms with E-state index in [0.29, 0.717) is 12.1 Å². The fourth-order valence-electron chi connectivity index (χ4n) is 1.94. The van der Waals surface area contributed by atoms with Gasteiger partial charge < -0.3 is 5.32 Å². The minimum Gasteiger partial charge on any atom is -0.305 e. The van der Waals surface area contributed by atoms with Crippen LogP contribution in [0, 0.1) is 0 Å². The lowest BCUT2D eigenvalue weighted by Gasteiger charge is -2.26. The maximum Gasteiger partial charge on any atom is 0.0570 e. The molecule has 0 spiro atoms. The van der Waals surface area contributed by atoms with Gasteiger partial charge in [-0.1, -0.05) is 6.07 Å². The molecular weight excluding hydrogens is 204 g/mol. The van der Waals surface area contributed by atoms with E-state index in [1.165, 1.54) is 24.3 Å². The summed E-state index contributed by atoms with van der Waals surface area (Å²) in [6.07, 6.45) is 4.52. The highest BCUT2D eigenvalue weighted by Gasteiger charge is 2.16. The van der Waals surface area contributed by atoms with Crippen LogP contribution in [-0.4, -0.2) is 22.5 Å². The summed E-state index contributed by atoms with van der Waals surface area (Å²) in [5.74, 6) is 2.58. The SMILES string of the molecule is C[C@H](N[C@@H]1CCCSC1)c1ccccn1. The lowest BCUT2D eigenvalue weighted by Crippen LogP contribution is -2.35. The van der Waals surface area contributed by atoms with Gasteiger partial charge in [0.25, 0.3) is 0 Å². The summed E-state index contributed by atoms with van der Waals surface area (Å²) in [5.41, 5.74) is 1.15. The Balaban J connectivity index is 1.88. The molecule has 15 heavy (non-hydrogen) atoms. The first-order chi connectivity index (χ1) is 7.36. The Morgan fingerprint density at radius 2 is 2.47 bits per heavy atom. The van der Waals surface area contributed by atoms with Gasteiger partial charge in [0.1, 0.15) is 0 Å². The summed E-state index contributed by atoms with van der Waals surface area (Å²) in [4.78, 5) is 4.37. The van der Waals surface area contributed by atoms with Crippen LogP contribution in [-0.2, 0) is 0 Å². The molecule has 1 aliphatic rings. The summed E-state index contributed by atoms with van der Waals surface area (Å²) in [7, 11) is 0. The average Bonchev–Trinajstić information content (AvgIpc) is 2.31. The summed E-state index contributed by atoms with van der Waals surface area (Å²) >= 11 is 2.06. The van der Waals surface area contributed by atoms with Crippen molar-refractivity contribution in [1.82, 2.24) is 10.3 Å². The standard InChI is InChI=1S/C12H18N2S/c1-10(12-6-2-3-7-13-12)14-11-5-4-8-15-9-11/h2-3,6-7,10-11,14H,4-5,8-9H2,1H3/t10-,11+/m0/s1. The van der Waals surface area contributed by atoms with Crippen LogP contribution in [0.3, 0.4) is 0 Å². The Morgan fingerprint density at radius 1 is 1.53 bits per heavy atom. The van der Waals surface area contributed by atoms with E-state index in [4.69, 9.17) is 0 Å². The predicted molar refractivity (Wildman–Crippen MR) is 66.1 cm³/mol. The molecule has 0 aliphatic carbocycles. The van der Waals surface area contributed by atoms with Gasteiger partial charge in [-0.3, -0.25) is 4.98 Å². The van der Waals surface area contributed by atoms with E-state index in [1.54, 1.807) is 0 Å². The second kappa shape index (κ2) is 5.52. The van der Waals surface area contributed by atoms with Crippen LogP contribution in [0.4, 0.5) is 0 Å². The van der Waals surface area contributed by atoms with Crippen molar-refractivity contribution in [1.29, 1.82) is 0 Å². The molecule has 0 unspecified atom stereocenters. The number of hydrogen-bond donors (Lipinski definition) is 1. The molecule has 82 valence electrons. The molecule has 0 amide bonds. The third-order valence-electron chi connectivity index (χ3n) is 2.78. The molecule has 1 aliphatic heterocycles. The van der Waals surface area contributed by atoms with Crippen LogP contribution in [0.15, 0.2) is 24.4 Å². The number of pyridine rings is 1. The molecule has 0 aromatic carbocycles. The number of rotatable bonds is 3. The first-order valence-electron chi connectivity index (χ1n) is 5.61. The molecule has 2 rings (SSSR count). The van der Waals surface area contributed by atoms with Crippen LogP contribution >= 0.6 is 11.8 Å². The second-order valence-electron chi connectivity index (χ2n) is 4.06. The first kappa shape index (κ1) is 11.0. The lowest BCUT2D eigenvalue weighted by atomic mass is 10.1. The van der Waals surface area contributed by atoms with Gasteiger partial charge in [0.15, 0.2) is 0 Å². The van der Waals surface area contributed by atoms with Gasteiger partial charge in [0.05, 0.1) is 5.69 Å². The minimum absolute atomic E-state index is 0.370. The van der Waals surface area contributed by atoms with Crippen molar-refractivity contribution in [3.63, 3.8) is 0 Å². The fourth-order valence-corrected chi connectivity index (χ4v) is 3.03. The summed E-state index contributed by atoms with van der Waals surface area (Å²) in [6.45, 7) is 2.20. The zero-order valence-electron chi connectivity index (χ0n) is 9.15. The second-order valence-corrected chi connectivity index (χ2v) is 5.21. The maximum atomic E-state index is 4.37. The van der Waals surface area contributed by atoms with Crippen LogP contribution in [0.2, 0.25) is 0 Å². The molecule has 1 aromatic heterocycles. The normalized spacial score (nSPS) is 23.7. The van der Waals surface area contributed by atoms with Crippen LogP contribution in [0.5, 0.6) is 0 Å². The lowest BCUT2D eigenvalue weighted by molar-refractivity contribution is 0.447. The van der Waals surface area contributed by atoms with E-state index in [-0.39, 0.29) is 0 Å². The van der Waals surface area contributed by atoms with E-state index in [0.717, 1.165) is 5.69 Å². The predicted octanol–water partition coefficient (Wildman–Crippen LogP) is 2.63. The smallest absolute Gasteiger partial charge is 0.0570 e. The number of aromatic nitrogens is 1. The van der Waals surface area contributed by atoms with Crippen molar-refractivity contribution < 1.29 is 0 Å². The van der Waals surface area contributed by atoms with E-state index >= 15 is 0 Å². The largest absolute Gasteiger partial charge is 0.305 e. The van der Waals surface area contributed by atoms with Gasteiger partial charge in [0, 0.05) is 24.0 Å². The highest BCUT2D eigenvalue weighted by molar-refractivity contribution is 7.99. The van der Waals surface area contributed by atoms with Crippen molar-refractivity contribution in [2.24, 2.45) is 0 Å². The zero-order chi connectivity index (χ0) is 10.5. The molecule has 0 bridgehead atoms. The number of nitrogens with one attached hydrogen (secondary N) is 1. The van der Waals surface area contributed by atoms with Crippen molar-refractivity contribution in [2.75, 3.05) is 11.5 Å². The molecule has 1 fully saturated rings. The summed E-state index contributed by atoms with van der Waals surface area (Å²) in [6, 6.07) is 7.15. The van der Waals surface area contributed by atoms with Gasteiger partial charge in [-0.2, -0.15) is 11.8 Å². The molecule has 0 radical (unpaired) electrons. The third-order valence-corrected chi connectivity index (χ3v) is 3.99. The highest BCUT2D eigenvalue weighted by Crippen LogP contribution is 2.19. The Kier molecular flexibility index (Phi) is 4.03. The average molecular weight is 222 g/mol. The number of thioether (sulfide) groups is 1. The number of nitrogens with zero attached hydrogens (tertiary/aromatic N) is 1. The topological polar surface area (TPSA) is 24.9 Å². The molecule has 3 heteroatoms. The summed E-state index contributed by atoms with van der Waals surface area (Å²) < 4.78 is 0. The molecule has 2 nitrogen and oxygen atoms in total. The quantitative estimate of drug-likeness (QED) is 0.851. The first-order valence-corrected chi connectivity index (χ1v) is 6.76. The van der Waals surface area contributed by atoms with Gasteiger partial charge in [-0.15, -0.1) is 0 Å². The minimum atomic E-state index is 0.370. The van der Waals surface area contributed by atoms with Crippen molar-refractivity contribution in [3.8, 4) is 0 Å². The van der Waals surface area contributed by atoms with Gasteiger partial charge in [-0.05, 0) is 37.7 Å². The Bertz CT molecular complexity index is 283. The van der Waals surface area contributed by atoms with Crippen molar-refractivity contribution >= 4 is 11.8 Å². The van der Waals surface area contributed by atoms with Gasteiger partial charge >= 0.3 is 0 Å². The maximum absolute atomic E-state index is 4.37.